The average Bonchev–Trinajstić information content (AvgIpc) is 3.24. The van der Waals surface area contributed by atoms with Gasteiger partial charge < -0.3 is 10.6 Å². The summed E-state index contributed by atoms with van der Waals surface area (Å²) in [4.78, 5) is 26.0. The zero-order valence-electron chi connectivity index (χ0n) is 23.4. The maximum atomic E-state index is 14.2. The third-order valence-electron chi connectivity index (χ3n) is 6.75. The molecule has 0 fully saturated rings. The van der Waals surface area contributed by atoms with Crippen LogP contribution in [0.3, 0.4) is 0 Å². The standard InChI is InChI=1S/C30H38FIN4O2/c1-19(33-26(37)18-29(5,6)20-12-10-9-11-13-20)27(38)34-25-17-24(35-36(25)28(2,3)4)30(7,8)21-14-22(31)16-23(32)15-21/h9-17,19H,18H2,1-8H3,(H,33,37)(H,34,38)/t19-/m0/s1. The van der Waals surface area contributed by atoms with Crippen molar-refractivity contribution < 1.29 is 14.0 Å². The van der Waals surface area contributed by atoms with Crippen LogP contribution in [0.2, 0.25) is 0 Å². The fourth-order valence-electron chi connectivity index (χ4n) is 4.33. The molecule has 1 aromatic heterocycles. The molecule has 0 aliphatic carbocycles. The first-order valence-electron chi connectivity index (χ1n) is 12.7. The number of amides is 2. The summed E-state index contributed by atoms with van der Waals surface area (Å²) < 4.78 is 16.8. The van der Waals surface area contributed by atoms with Gasteiger partial charge in [0.1, 0.15) is 17.7 Å². The number of anilines is 1. The summed E-state index contributed by atoms with van der Waals surface area (Å²) >= 11 is 2.10. The Morgan fingerprint density at radius 1 is 0.974 bits per heavy atom. The molecule has 6 nitrogen and oxygen atoms in total. The highest BCUT2D eigenvalue weighted by molar-refractivity contribution is 14.1. The van der Waals surface area contributed by atoms with Gasteiger partial charge in [-0.3, -0.25) is 9.59 Å². The second-order valence-corrected chi connectivity index (χ2v) is 13.2. The van der Waals surface area contributed by atoms with E-state index in [4.69, 9.17) is 5.10 Å². The largest absolute Gasteiger partial charge is 0.345 e. The first kappa shape index (κ1) is 29.8. The molecule has 38 heavy (non-hydrogen) atoms. The van der Waals surface area contributed by atoms with Gasteiger partial charge in [0.05, 0.1) is 11.2 Å². The van der Waals surface area contributed by atoms with Crippen LogP contribution in [0, 0.1) is 9.39 Å². The number of aromatic nitrogens is 2. The third kappa shape index (κ3) is 7.01. The first-order valence-corrected chi connectivity index (χ1v) is 13.8. The maximum absolute atomic E-state index is 14.2. The Labute approximate surface area is 238 Å². The molecule has 1 atom stereocenters. The minimum absolute atomic E-state index is 0.201. The van der Waals surface area contributed by atoms with E-state index in [0.29, 0.717) is 11.5 Å². The number of rotatable bonds is 8. The van der Waals surface area contributed by atoms with E-state index < -0.39 is 17.0 Å². The molecule has 0 spiro atoms. The molecule has 0 unspecified atom stereocenters. The first-order chi connectivity index (χ1) is 17.5. The monoisotopic (exact) mass is 632 g/mol. The molecule has 0 bridgehead atoms. The molecule has 204 valence electrons. The van der Waals surface area contributed by atoms with Gasteiger partial charge in [-0.1, -0.05) is 58.0 Å². The highest BCUT2D eigenvalue weighted by atomic mass is 127. The van der Waals surface area contributed by atoms with E-state index in [-0.39, 0.29) is 29.5 Å². The number of hydrogen-bond acceptors (Lipinski definition) is 3. The summed E-state index contributed by atoms with van der Waals surface area (Å²) in [5, 5.41) is 10.6. The third-order valence-corrected chi connectivity index (χ3v) is 7.37. The molecule has 0 aliphatic rings. The zero-order chi connectivity index (χ0) is 28.5. The number of halogens is 2. The minimum Gasteiger partial charge on any atom is -0.345 e. The molecule has 0 aliphatic heterocycles. The SMILES string of the molecule is C[C@H](NC(=O)CC(C)(C)c1ccccc1)C(=O)Nc1cc(C(C)(C)c2cc(F)cc(I)c2)nn1C(C)(C)C. The second kappa shape index (κ2) is 11.2. The van der Waals surface area contributed by atoms with E-state index in [1.54, 1.807) is 11.6 Å². The fraction of sp³-hybridized carbons (Fsp3) is 0.433. The summed E-state index contributed by atoms with van der Waals surface area (Å²) in [5.74, 6) is -0.328. The van der Waals surface area contributed by atoms with Gasteiger partial charge in [-0.2, -0.15) is 5.10 Å². The van der Waals surface area contributed by atoms with Crippen molar-refractivity contribution in [1.29, 1.82) is 0 Å². The van der Waals surface area contributed by atoms with Crippen LogP contribution in [-0.4, -0.2) is 27.6 Å². The number of carbonyl (C=O) groups is 2. The van der Waals surface area contributed by atoms with Crippen molar-refractivity contribution in [2.24, 2.45) is 0 Å². The number of carbonyl (C=O) groups excluding carboxylic acids is 2. The molecule has 0 saturated heterocycles. The van der Waals surface area contributed by atoms with E-state index in [2.05, 4.69) is 33.2 Å². The minimum atomic E-state index is -0.751. The Balaban J connectivity index is 1.79. The molecular formula is C30H38FIN4O2. The molecule has 0 saturated carbocycles. The summed E-state index contributed by atoms with van der Waals surface area (Å²) in [7, 11) is 0. The summed E-state index contributed by atoms with van der Waals surface area (Å²) in [6.45, 7) is 15.6. The van der Waals surface area contributed by atoms with E-state index in [1.165, 1.54) is 12.1 Å². The number of benzene rings is 2. The average molecular weight is 633 g/mol. The number of hydrogen-bond donors (Lipinski definition) is 2. The smallest absolute Gasteiger partial charge is 0.247 e. The van der Waals surface area contributed by atoms with Crippen LogP contribution in [0.1, 0.15) is 78.6 Å². The lowest BCUT2D eigenvalue weighted by Crippen LogP contribution is -2.43. The highest BCUT2D eigenvalue weighted by Gasteiger charge is 2.32. The Hall–Kier alpha value is -2.75. The van der Waals surface area contributed by atoms with E-state index in [9.17, 15) is 14.0 Å². The van der Waals surface area contributed by atoms with Crippen molar-refractivity contribution >= 4 is 40.2 Å². The van der Waals surface area contributed by atoms with Gasteiger partial charge in [-0.25, -0.2) is 9.07 Å². The van der Waals surface area contributed by atoms with Gasteiger partial charge in [0.2, 0.25) is 11.8 Å². The lowest BCUT2D eigenvalue weighted by Gasteiger charge is -2.26. The number of nitrogens with zero attached hydrogens (tertiary/aromatic N) is 2. The topological polar surface area (TPSA) is 76.0 Å². The van der Waals surface area contributed by atoms with Gasteiger partial charge in [0, 0.05) is 21.5 Å². The molecule has 2 amide bonds. The Kier molecular flexibility index (Phi) is 8.75. The Bertz CT molecular complexity index is 1290. The van der Waals surface area contributed by atoms with Gasteiger partial charge in [0.25, 0.3) is 0 Å². The lowest BCUT2D eigenvalue weighted by atomic mass is 9.81. The van der Waals surface area contributed by atoms with Crippen molar-refractivity contribution in [1.82, 2.24) is 15.1 Å². The van der Waals surface area contributed by atoms with Crippen LogP contribution in [-0.2, 0) is 26.0 Å². The van der Waals surface area contributed by atoms with Crippen LogP contribution < -0.4 is 10.6 Å². The van der Waals surface area contributed by atoms with Gasteiger partial charge in [0.15, 0.2) is 0 Å². The zero-order valence-corrected chi connectivity index (χ0v) is 25.6. The van der Waals surface area contributed by atoms with Gasteiger partial charge in [-0.05, 0) is 85.0 Å². The molecule has 3 rings (SSSR count). The van der Waals surface area contributed by atoms with Crippen molar-refractivity contribution in [3.05, 3.63) is 80.8 Å². The van der Waals surface area contributed by atoms with Crippen LogP contribution >= 0.6 is 22.6 Å². The van der Waals surface area contributed by atoms with E-state index in [1.807, 2.05) is 90.9 Å². The van der Waals surface area contributed by atoms with Crippen molar-refractivity contribution in [2.75, 3.05) is 5.32 Å². The summed E-state index contributed by atoms with van der Waals surface area (Å²) in [6, 6.07) is 15.9. The molecule has 0 radical (unpaired) electrons. The van der Waals surface area contributed by atoms with Crippen LogP contribution in [0.5, 0.6) is 0 Å². The normalized spacial score (nSPS) is 13.2. The molecular weight excluding hydrogens is 594 g/mol. The maximum Gasteiger partial charge on any atom is 0.247 e. The lowest BCUT2D eigenvalue weighted by molar-refractivity contribution is -0.126. The predicted molar refractivity (Wildman–Crippen MR) is 159 cm³/mol. The predicted octanol–water partition coefficient (Wildman–Crippen LogP) is 6.52. The highest BCUT2D eigenvalue weighted by Crippen LogP contribution is 2.35. The van der Waals surface area contributed by atoms with Crippen molar-refractivity contribution in [3.63, 3.8) is 0 Å². The quantitative estimate of drug-likeness (QED) is 0.278. The number of nitrogens with one attached hydrogen (secondary N) is 2. The van der Waals surface area contributed by atoms with Crippen LogP contribution in [0.15, 0.2) is 54.6 Å². The molecule has 8 heteroatoms. The van der Waals surface area contributed by atoms with Crippen LogP contribution in [0.25, 0.3) is 0 Å². The van der Waals surface area contributed by atoms with E-state index >= 15 is 0 Å². The van der Waals surface area contributed by atoms with Crippen molar-refractivity contribution in [2.45, 2.75) is 84.2 Å². The summed E-state index contributed by atoms with van der Waals surface area (Å²) in [6.07, 6.45) is 0.249. The van der Waals surface area contributed by atoms with Crippen LogP contribution in [0.4, 0.5) is 10.2 Å². The molecule has 3 aromatic rings. The van der Waals surface area contributed by atoms with E-state index in [0.717, 1.165) is 14.7 Å². The molecule has 1 heterocycles. The summed E-state index contributed by atoms with van der Waals surface area (Å²) in [5.41, 5.74) is 1.14. The Morgan fingerprint density at radius 2 is 1.61 bits per heavy atom. The second-order valence-electron chi connectivity index (χ2n) is 12.0. The van der Waals surface area contributed by atoms with Gasteiger partial charge >= 0.3 is 0 Å². The molecule has 2 aromatic carbocycles. The van der Waals surface area contributed by atoms with Crippen molar-refractivity contribution in [3.8, 4) is 0 Å². The Morgan fingerprint density at radius 3 is 2.18 bits per heavy atom. The molecule has 2 N–H and O–H groups in total. The van der Waals surface area contributed by atoms with Gasteiger partial charge in [-0.15, -0.1) is 0 Å². The fourth-order valence-corrected chi connectivity index (χ4v) is 4.97.